The summed E-state index contributed by atoms with van der Waals surface area (Å²) in [5.74, 6) is 5.09. The van der Waals surface area contributed by atoms with Crippen LogP contribution in [0, 0.1) is 11.8 Å². The van der Waals surface area contributed by atoms with E-state index in [1.807, 2.05) is 12.1 Å². The maximum atomic E-state index is 10.0. The Morgan fingerprint density at radius 3 is 3.31 bits per heavy atom. The minimum absolute atomic E-state index is 0.579. The molecule has 2 heterocycles. The molecule has 0 fully saturated rings. The van der Waals surface area contributed by atoms with Gasteiger partial charge in [0, 0.05) is 17.8 Å². The Hall–Kier alpha value is -2.08. The summed E-state index contributed by atoms with van der Waals surface area (Å²) in [5.41, 5.74) is 1.59. The van der Waals surface area contributed by atoms with Gasteiger partial charge in [0.05, 0.1) is 5.56 Å². The highest BCUT2D eigenvalue weighted by atomic mass is 16.1. The number of carbonyl (C=O) groups excluding carboxylic acids is 1. The molecule has 13 heavy (non-hydrogen) atoms. The molecule has 0 spiro atoms. The molecular weight excluding hydrogens is 164 g/mol. The second-order valence-corrected chi connectivity index (χ2v) is 2.49. The van der Waals surface area contributed by atoms with Crippen LogP contribution in [0.5, 0.6) is 0 Å². The number of rotatable bonds is 0. The number of carbonyl (C=O) groups is 1. The van der Waals surface area contributed by atoms with Crippen molar-refractivity contribution in [2.45, 2.75) is 0 Å². The fraction of sp³-hybridized carbons (Fsp3) is 0. The van der Waals surface area contributed by atoms with Crippen molar-refractivity contribution in [1.29, 1.82) is 0 Å². The third kappa shape index (κ3) is 1.30. The molecule has 3 nitrogen and oxygen atoms in total. The molecule has 2 aromatic rings. The number of pyridine rings is 1. The van der Waals surface area contributed by atoms with Gasteiger partial charge in [-0.1, -0.05) is 5.92 Å². The highest BCUT2D eigenvalue weighted by Gasteiger charge is 1.99. The molecular formula is C10H6N2O. The number of H-pyrrole nitrogens is 1. The van der Waals surface area contributed by atoms with Crippen LogP contribution in [0.4, 0.5) is 0 Å². The lowest BCUT2D eigenvalue weighted by Crippen LogP contribution is -1.73. The standard InChI is InChI=1S/C10H6N2O/c13-6-2-3-8-7-12-10-9(8)4-1-5-11-10/h1,4-7H,(H,11,12). The number of aldehydes is 1. The van der Waals surface area contributed by atoms with E-state index in [0.29, 0.717) is 6.29 Å². The zero-order chi connectivity index (χ0) is 9.10. The van der Waals surface area contributed by atoms with E-state index in [0.717, 1.165) is 16.6 Å². The van der Waals surface area contributed by atoms with Gasteiger partial charge in [-0.05, 0) is 18.1 Å². The summed E-state index contributed by atoms with van der Waals surface area (Å²) in [5, 5.41) is 0.942. The lowest BCUT2D eigenvalue weighted by Gasteiger charge is -1.86. The topological polar surface area (TPSA) is 45.8 Å². The van der Waals surface area contributed by atoms with Crippen molar-refractivity contribution in [3.8, 4) is 11.8 Å². The Balaban J connectivity index is 2.64. The first-order valence-corrected chi connectivity index (χ1v) is 3.79. The van der Waals surface area contributed by atoms with E-state index in [-0.39, 0.29) is 0 Å². The highest BCUT2D eigenvalue weighted by Crippen LogP contribution is 2.13. The largest absolute Gasteiger partial charge is 0.345 e. The second-order valence-electron chi connectivity index (χ2n) is 2.49. The van der Waals surface area contributed by atoms with Gasteiger partial charge in [-0.3, -0.25) is 4.79 Å². The normalized spacial score (nSPS) is 9.23. The summed E-state index contributed by atoms with van der Waals surface area (Å²) in [6, 6.07) is 3.75. The van der Waals surface area contributed by atoms with Crippen molar-refractivity contribution < 1.29 is 4.79 Å². The fourth-order valence-corrected chi connectivity index (χ4v) is 1.17. The molecule has 1 N–H and O–H groups in total. The molecule has 0 atom stereocenters. The third-order valence-electron chi connectivity index (χ3n) is 1.72. The zero-order valence-electron chi connectivity index (χ0n) is 6.74. The van der Waals surface area contributed by atoms with Gasteiger partial charge >= 0.3 is 0 Å². The minimum Gasteiger partial charge on any atom is -0.345 e. The Morgan fingerprint density at radius 1 is 1.54 bits per heavy atom. The number of nitrogens with zero attached hydrogens (tertiary/aromatic N) is 1. The van der Waals surface area contributed by atoms with Crippen molar-refractivity contribution in [2.24, 2.45) is 0 Å². The molecule has 2 aromatic heterocycles. The van der Waals surface area contributed by atoms with Crippen molar-refractivity contribution in [3.05, 3.63) is 30.1 Å². The molecule has 0 amide bonds. The predicted octanol–water partition coefficient (Wildman–Crippen LogP) is 1.11. The van der Waals surface area contributed by atoms with Crippen LogP contribution in [0.1, 0.15) is 5.56 Å². The van der Waals surface area contributed by atoms with Crippen LogP contribution in [0.15, 0.2) is 24.5 Å². The van der Waals surface area contributed by atoms with Gasteiger partial charge in [0.2, 0.25) is 0 Å². The van der Waals surface area contributed by atoms with Gasteiger partial charge in [-0.2, -0.15) is 0 Å². The van der Waals surface area contributed by atoms with E-state index < -0.39 is 0 Å². The molecule has 0 radical (unpaired) electrons. The SMILES string of the molecule is O=CC#Cc1c[nH]c2ncccc12. The summed E-state index contributed by atoms with van der Waals surface area (Å²) in [6.45, 7) is 0. The molecule has 0 saturated carbocycles. The number of aromatic amines is 1. The quantitative estimate of drug-likeness (QED) is 0.475. The average Bonchev–Trinajstić information content (AvgIpc) is 2.58. The van der Waals surface area contributed by atoms with Gasteiger partial charge in [0.15, 0.2) is 6.29 Å². The summed E-state index contributed by atoms with van der Waals surface area (Å²) in [7, 11) is 0. The van der Waals surface area contributed by atoms with Gasteiger partial charge in [0.1, 0.15) is 5.65 Å². The Kier molecular flexibility index (Phi) is 1.81. The van der Waals surface area contributed by atoms with Crippen LogP contribution in [0.25, 0.3) is 11.0 Å². The summed E-state index contributed by atoms with van der Waals surface area (Å²) in [6.07, 6.45) is 4.03. The third-order valence-corrected chi connectivity index (χ3v) is 1.72. The molecule has 3 heteroatoms. The number of aromatic nitrogens is 2. The number of nitrogens with one attached hydrogen (secondary N) is 1. The minimum atomic E-state index is 0.579. The first-order chi connectivity index (χ1) is 6.42. The molecule has 2 rings (SSSR count). The highest BCUT2D eigenvalue weighted by molar-refractivity contribution is 5.84. The number of fused-ring (bicyclic) bond motifs is 1. The van der Waals surface area contributed by atoms with Crippen molar-refractivity contribution in [1.82, 2.24) is 9.97 Å². The summed E-state index contributed by atoms with van der Waals surface area (Å²) < 4.78 is 0. The molecule has 0 aliphatic rings. The predicted molar refractivity (Wildman–Crippen MR) is 49.0 cm³/mol. The van der Waals surface area contributed by atoms with Crippen LogP contribution in [0.3, 0.4) is 0 Å². The van der Waals surface area contributed by atoms with Crippen LogP contribution in [-0.2, 0) is 4.79 Å². The first-order valence-electron chi connectivity index (χ1n) is 3.79. The monoisotopic (exact) mass is 170 g/mol. The molecule has 0 aliphatic heterocycles. The van der Waals surface area contributed by atoms with Gasteiger partial charge < -0.3 is 4.98 Å². The van der Waals surface area contributed by atoms with E-state index in [2.05, 4.69) is 21.8 Å². The first kappa shape index (κ1) is 7.56. The van der Waals surface area contributed by atoms with E-state index in [1.54, 1.807) is 12.4 Å². The van der Waals surface area contributed by atoms with Gasteiger partial charge in [-0.25, -0.2) is 4.98 Å². The van der Waals surface area contributed by atoms with E-state index in [1.165, 1.54) is 0 Å². The fourth-order valence-electron chi connectivity index (χ4n) is 1.17. The van der Waals surface area contributed by atoms with Crippen LogP contribution in [-0.4, -0.2) is 16.3 Å². The molecule has 0 bridgehead atoms. The lowest BCUT2D eigenvalue weighted by molar-refractivity contribution is -0.103. The molecule has 0 aliphatic carbocycles. The maximum Gasteiger partial charge on any atom is 0.193 e. The van der Waals surface area contributed by atoms with Crippen molar-refractivity contribution in [2.75, 3.05) is 0 Å². The molecule has 0 aromatic carbocycles. The number of hydrogen-bond donors (Lipinski definition) is 1. The van der Waals surface area contributed by atoms with Crippen LogP contribution < -0.4 is 0 Å². The van der Waals surface area contributed by atoms with E-state index >= 15 is 0 Å². The van der Waals surface area contributed by atoms with E-state index in [4.69, 9.17) is 0 Å². The Bertz CT molecular complexity index is 502. The van der Waals surface area contributed by atoms with E-state index in [9.17, 15) is 4.79 Å². The zero-order valence-corrected chi connectivity index (χ0v) is 6.74. The van der Waals surface area contributed by atoms with Crippen LogP contribution in [0.2, 0.25) is 0 Å². The molecule has 0 saturated heterocycles. The Morgan fingerprint density at radius 2 is 2.46 bits per heavy atom. The average molecular weight is 170 g/mol. The maximum absolute atomic E-state index is 10.0. The van der Waals surface area contributed by atoms with Crippen molar-refractivity contribution in [3.63, 3.8) is 0 Å². The second kappa shape index (κ2) is 3.11. The van der Waals surface area contributed by atoms with Gasteiger partial charge in [-0.15, -0.1) is 0 Å². The van der Waals surface area contributed by atoms with Crippen molar-refractivity contribution >= 4 is 17.3 Å². The molecule has 0 unspecified atom stereocenters. The number of hydrogen-bond acceptors (Lipinski definition) is 2. The smallest absolute Gasteiger partial charge is 0.193 e. The van der Waals surface area contributed by atoms with Crippen LogP contribution >= 0.6 is 0 Å². The summed E-state index contributed by atoms with van der Waals surface area (Å²) in [4.78, 5) is 17.1. The lowest BCUT2D eigenvalue weighted by atomic mass is 10.2. The molecule has 62 valence electrons. The van der Waals surface area contributed by atoms with Gasteiger partial charge in [0.25, 0.3) is 0 Å². The Labute approximate surface area is 74.8 Å². The summed E-state index contributed by atoms with van der Waals surface area (Å²) >= 11 is 0.